The smallest absolute Gasteiger partial charge is 0.319 e. The van der Waals surface area contributed by atoms with Gasteiger partial charge in [0.25, 0.3) is 0 Å². The zero-order valence-electron chi connectivity index (χ0n) is 13.3. The Balaban J connectivity index is 1.87. The predicted molar refractivity (Wildman–Crippen MR) is 96.4 cm³/mol. The van der Waals surface area contributed by atoms with Gasteiger partial charge in [-0.3, -0.25) is 0 Å². The molecule has 2 rings (SSSR count). The normalized spacial score (nSPS) is 12.1. The highest BCUT2D eigenvalue weighted by Crippen LogP contribution is 2.16. The molecule has 0 aliphatic rings. The Labute approximate surface area is 142 Å². The van der Waals surface area contributed by atoms with Crippen LogP contribution in [0, 0.1) is 0 Å². The predicted octanol–water partition coefficient (Wildman–Crippen LogP) is 4.93. The monoisotopic (exact) mass is 328 g/mol. The number of rotatable bonds is 5. The number of aryl methyl sites for hydroxylation is 1. The first-order valence-corrected chi connectivity index (χ1v) is 8.05. The average molecular weight is 329 g/mol. The molecule has 2 aromatic rings. The van der Waals surface area contributed by atoms with Gasteiger partial charge in [-0.05, 0) is 42.2 Å². The summed E-state index contributed by atoms with van der Waals surface area (Å²) in [4.78, 5) is 11.9. The van der Waals surface area contributed by atoms with E-state index in [0.717, 1.165) is 17.5 Å². The third-order valence-corrected chi connectivity index (χ3v) is 3.96. The summed E-state index contributed by atoms with van der Waals surface area (Å²) in [7, 11) is 0. The van der Waals surface area contributed by atoms with Crippen molar-refractivity contribution in [2.45, 2.75) is 26.3 Å². The van der Waals surface area contributed by atoms with Crippen molar-refractivity contribution in [1.29, 1.82) is 0 Å². The molecule has 0 bridgehead atoms. The first-order chi connectivity index (χ1) is 11.1. The van der Waals surface area contributed by atoms with Gasteiger partial charge < -0.3 is 10.6 Å². The van der Waals surface area contributed by atoms with E-state index in [4.69, 9.17) is 11.6 Å². The average Bonchev–Trinajstić information content (AvgIpc) is 2.56. The number of nitrogens with one attached hydrogen (secondary N) is 2. The highest BCUT2D eigenvalue weighted by Gasteiger charge is 2.08. The molecule has 0 spiro atoms. The van der Waals surface area contributed by atoms with Crippen LogP contribution < -0.4 is 10.6 Å². The van der Waals surface area contributed by atoms with Crippen LogP contribution in [0.4, 0.5) is 4.79 Å². The van der Waals surface area contributed by atoms with Crippen molar-refractivity contribution in [3.63, 3.8) is 0 Å². The Morgan fingerprint density at radius 2 is 1.87 bits per heavy atom. The molecule has 0 aliphatic carbocycles. The lowest BCUT2D eigenvalue weighted by atomic mass is 10.1. The number of carbonyl (C=O) groups excluding carboxylic acids is 1. The molecule has 120 valence electrons. The zero-order valence-corrected chi connectivity index (χ0v) is 14.1. The van der Waals surface area contributed by atoms with E-state index in [-0.39, 0.29) is 12.1 Å². The van der Waals surface area contributed by atoms with Crippen LogP contribution in [0.15, 0.2) is 54.7 Å². The topological polar surface area (TPSA) is 41.1 Å². The Morgan fingerprint density at radius 3 is 2.52 bits per heavy atom. The molecular formula is C19H21ClN2O. The second-order valence-corrected chi connectivity index (χ2v) is 5.70. The van der Waals surface area contributed by atoms with E-state index in [0.29, 0.717) is 5.02 Å². The van der Waals surface area contributed by atoms with Gasteiger partial charge >= 0.3 is 6.03 Å². The highest BCUT2D eigenvalue weighted by molar-refractivity contribution is 6.32. The molecule has 0 saturated carbocycles. The Kier molecular flexibility index (Phi) is 6.24. The number of hydrogen-bond donors (Lipinski definition) is 2. The van der Waals surface area contributed by atoms with Crippen molar-refractivity contribution >= 4 is 23.7 Å². The fourth-order valence-electron chi connectivity index (χ4n) is 2.18. The van der Waals surface area contributed by atoms with Crippen LogP contribution in [-0.2, 0) is 6.42 Å². The lowest BCUT2D eigenvalue weighted by Crippen LogP contribution is -2.34. The summed E-state index contributed by atoms with van der Waals surface area (Å²) >= 11 is 6.05. The van der Waals surface area contributed by atoms with Gasteiger partial charge in [0, 0.05) is 11.2 Å². The van der Waals surface area contributed by atoms with E-state index < -0.39 is 0 Å². The molecule has 3 nitrogen and oxygen atoms in total. The Morgan fingerprint density at radius 1 is 1.17 bits per heavy atom. The van der Waals surface area contributed by atoms with Crippen LogP contribution in [0.1, 0.15) is 36.6 Å². The maximum Gasteiger partial charge on any atom is 0.319 e. The molecule has 0 aromatic heterocycles. The summed E-state index contributed by atoms with van der Waals surface area (Å²) in [5.41, 5.74) is 3.22. The molecule has 2 N–H and O–H groups in total. The van der Waals surface area contributed by atoms with Crippen molar-refractivity contribution in [2.24, 2.45) is 0 Å². The molecule has 1 atom stereocenters. The SMILES string of the molecule is CCc1ccc(C(C)NC(=O)N/C=C/c2ccccc2Cl)cc1. The lowest BCUT2D eigenvalue weighted by Gasteiger charge is -2.14. The summed E-state index contributed by atoms with van der Waals surface area (Å²) < 4.78 is 0. The lowest BCUT2D eigenvalue weighted by molar-refractivity contribution is 0.241. The highest BCUT2D eigenvalue weighted by atomic mass is 35.5. The van der Waals surface area contributed by atoms with Crippen LogP contribution in [0.2, 0.25) is 5.02 Å². The Bertz CT molecular complexity index is 680. The fraction of sp³-hybridized carbons (Fsp3) is 0.211. The third kappa shape index (κ3) is 5.15. The van der Waals surface area contributed by atoms with E-state index in [1.54, 1.807) is 12.3 Å². The summed E-state index contributed by atoms with van der Waals surface area (Å²) in [5, 5.41) is 6.24. The first kappa shape index (κ1) is 17.1. The van der Waals surface area contributed by atoms with Gasteiger partial charge in [0.15, 0.2) is 0 Å². The molecule has 0 fully saturated rings. The van der Waals surface area contributed by atoms with E-state index in [2.05, 4.69) is 29.7 Å². The Hall–Kier alpha value is -2.26. The van der Waals surface area contributed by atoms with Crippen molar-refractivity contribution in [3.8, 4) is 0 Å². The van der Waals surface area contributed by atoms with Gasteiger partial charge in [0.1, 0.15) is 0 Å². The molecule has 2 amide bonds. The number of halogens is 1. The van der Waals surface area contributed by atoms with E-state index >= 15 is 0 Å². The summed E-state index contributed by atoms with van der Waals surface area (Å²) in [5.74, 6) is 0. The van der Waals surface area contributed by atoms with Crippen molar-refractivity contribution in [1.82, 2.24) is 10.6 Å². The van der Waals surface area contributed by atoms with E-state index in [9.17, 15) is 4.79 Å². The molecule has 1 unspecified atom stereocenters. The van der Waals surface area contributed by atoms with Crippen LogP contribution in [0.25, 0.3) is 6.08 Å². The van der Waals surface area contributed by atoms with Crippen molar-refractivity contribution in [3.05, 3.63) is 76.4 Å². The van der Waals surface area contributed by atoms with Crippen LogP contribution in [0.5, 0.6) is 0 Å². The molecule has 0 heterocycles. The van der Waals surface area contributed by atoms with Gasteiger partial charge in [-0.25, -0.2) is 4.79 Å². The van der Waals surface area contributed by atoms with Gasteiger partial charge in [-0.1, -0.05) is 61.0 Å². The molecule has 0 aliphatic heterocycles. The maximum absolute atomic E-state index is 11.9. The summed E-state index contributed by atoms with van der Waals surface area (Å²) in [6, 6.07) is 15.4. The standard InChI is InChI=1S/C19H21ClN2O/c1-3-15-8-10-16(11-9-15)14(2)22-19(23)21-13-12-17-6-4-5-7-18(17)20/h4-14H,3H2,1-2H3,(H2,21,22,23)/b13-12+. The fourth-order valence-corrected chi connectivity index (χ4v) is 2.38. The second kappa shape index (κ2) is 8.39. The summed E-state index contributed by atoms with van der Waals surface area (Å²) in [6.45, 7) is 4.08. The minimum atomic E-state index is -0.250. The van der Waals surface area contributed by atoms with Crippen molar-refractivity contribution < 1.29 is 4.79 Å². The minimum absolute atomic E-state index is 0.0605. The minimum Gasteiger partial charge on any atom is -0.331 e. The molecular weight excluding hydrogens is 308 g/mol. The van der Waals surface area contributed by atoms with Crippen LogP contribution in [-0.4, -0.2) is 6.03 Å². The third-order valence-electron chi connectivity index (χ3n) is 3.62. The van der Waals surface area contributed by atoms with E-state index in [1.165, 1.54) is 5.56 Å². The van der Waals surface area contributed by atoms with Gasteiger partial charge in [0.2, 0.25) is 0 Å². The molecule has 4 heteroatoms. The van der Waals surface area contributed by atoms with Gasteiger partial charge in [-0.2, -0.15) is 0 Å². The van der Waals surface area contributed by atoms with Crippen molar-refractivity contribution in [2.75, 3.05) is 0 Å². The molecule has 0 radical (unpaired) electrons. The molecule has 23 heavy (non-hydrogen) atoms. The molecule has 0 saturated heterocycles. The quantitative estimate of drug-likeness (QED) is 0.802. The number of urea groups is 1. The summed E-state index contributed by atoms with van der Waals surface area (Å²) in [6.07, 6.45) is 4.36. The van der Waals surface area contributed by atoms with Gasteiger partial charge in [0.05, 0.1) is 6.04 Å². The van der Waals surface area contributed by atoms with Crippen LogP contribution in [0.3, 0.4) is 0 Å². The number of hydrogen-bond acceptors (Lipinski definition) is 1. The van der Waals surface area contributed by atoms with E-state index in [1.807, 2.05) is 43.3 Å². The maximum atomic E-state index is 11.9. The molecule has 2 aromatic carbocycles. The largest absolute Gasteiger partial charge is 0.331 e. The number of carbonyl (C=O) groups is 1. The number of amides is 2. The van der Waals surface area contributed by atoms with Gasteiger partial charge in [-0.15, -0.1) is 0 Å². The van der Waals surface area contributed by atoms with Crippen LogP contribution >= 0.6 is 11.6 Å². The second-order valence-electron chi connectivity index (χ2n) is 5.29. The number of benzene rings is 2. The zero-order chi connectivity index (χ0) is 16.7. The first-order valence-electron chi connectivity index (χ1n) is 7.67.